The maximum Gasteiger partial charge on any atom is 0.226 e. The van der Waals surface area contributed by atoms with Crippen molar-refractivity contribution in [1.29, 1.82) is 0 Å². The summed E-state index contributed by atoms with van der Waals surface area (Å²) < 4.78 is 1.67. The van der Waals surface area contributed by atoms with Gasteiger partial charge in [-0.05, 0) is 11.1 Å². The monoisotopic (exact) mass is 305 g/mol. The minimum atomic E-state index is -0.0404. The summed E-state index contributed by atoms with van der Waals surface area (Å²) in [5.74, 6) is 0.569. The summed E-state index contributed by atoms with van der Waals surface area (Å²) in [4.78, 5) is 12.4. The maximum atomic E-state index is 12.4. The molecule has 3 aromatic rings. The molecule has 0 spiro atoms. The third kappa shape index (κ3) is 3.86. The van der Waals surface area contributed by atoms with Gasteiger partial charge >= 0.3 is 0 Å². The third-order valence-corrected chi connectivity index (χ3v) is 3.77. The van der Waals surface area contributed by atoms with Crippen molar-refractivity contribution in [3.8, 4) is 0 Å². The fraction of sp³-hybridized carbons (Fsp3) is 0.158. The molecule has 1 aromatic heterocycles. The normalized spacial score (nSPS) is 10.7. The molecular formula is C19H19N3O. The average Bonchev–Trinajstić information content (AvgIpc) is 2.99. The van der Waals surface area contributed by atoms with Gasteiger partial charge in [-0.15, -0.1) is 0 Å². The molecule has 4 nitrogen and oxygen atoms in total. The number of carbonyl (C=O) groups is 1. The van der Waals surface area contributed by atoms with E-state index in [9.17, 15) is 4.79 Å². The first-order chi connectivity index (χ1) is 11.2. The Morgan fingerprint density at radius 2 is 1.57 bits per heavy atom. The largest absolute Gasteiger partial charge is 0.309 e. The van der Waals surface area contributed by atoms with Crippen LogP contribution in [0, 0.1) is 0 Å². The van der Waals surface area contributed by atoms with Gasteiger partial charge in [0.1, 0.15) is 0 Å². The quantitative estimate of drug-likeness (QED) is 0.783. The molecule has 3 rings (SSSR count). The number of benzene rings is 2. The van der Waals surface area contributed by atoms with Crippen LogP contribution in [0.5, 0.6) is 0 Å². The zero-order valence-electron chi connectivity index (χ0n) is 13.0. The summed E-state index contributed by atoms with van der Waals surface area (Å²) in [5, 5.41) is 7.05. The molecule has 0 aliphatic carbocycles. The minimum Gasteiger partial charge on any atom is -0.309 e. The highest BCUT2D eigenvalue weighted by Crippen LogP contribution is 2.28. The molecule has 0 bridgehead atoms. The molecule has 0 unspecified atom stereocenters. The Kier molecular flexibility index (Phi) is 4.52. The molecule has 4 heteroatoms. The topological polar surface area (TPSA) is 46.9 Å². The van der Waals surface area contributed by atoms with Crippen LogP contribution in [0.15, 0.2) is 72.9 Å². The SMILES string of the molecule is Cn1ccc(NC(=O)CC(c2ccccc2)c2ccccc2)n1. The highest BCUT2D eigenvalue weighted by atomic mass is 16.1. The molecule has 116 valence electrons. The summed E-state index contributed by atoms with van der Waals surface area (Å²) in [6.45, 7) is 0. The van der Waals surface area contributed by atoms with Crippen molar-refractivity contribution in [2.45, 2.75) is 12.3 Å². The standard InChI is InChI=1S/C19H19N3O/c1-22-13-12-18(21-22)20-19(23)14-17(15-8-4-2-5-9-15)16-10-6-3-7-11-16/h2-13,17H,14H2,1H3,(H,20,21,23). The van der Waals surface area contributed by atoms with Gasteiger partial charge in [0.15, 0.2) is 5.82 Å². The van der Waals surface area contributed by atoms with Crippen LogP contribution in [0.2, 0.25) is 0 Å². The Labute approximate surface area is 135 Å². The zero-order chi connectivity index (χ0) is 16.1. The highest BCUT2D eigenvalue weighted by molar-refractivity contribution is 5.90. The first-order valence-electron chi connectivity index (χ1n) is 7.62. The lowest BCUT2D eigenvalue weighted by molar-refractivity contribution is -0.116. The number of nitrogens with zero attached hydrogens (tertiary/aromatic N) is 2. The summed E-state index contributed by atoms with van der Waals surface area (Å²) in [7, 11) is 1.83. The van der Waals surface area contributed by atoms with E-state index in [0.717, 1.165) is 11.1 Å². The van der Waals surface area contributed by atoms with Crippen LogP contribution >= 0.6 is 0 Å². The number of rotatable bonds is 5. The summed E-state index contributed by atoms with van der Waals surface area (Å²) >= 11 is 0. The van der Waals surface area contributed by atoms with Crippen molar-refractivity contribution in [2.75, 3.05) is 5.32 Å². The van der Waals surface area contributed by atoms with E-state index in [1.807, 2.05) is 49.6 Å². The second-order valence-electron chi connectivity index (χ2n) is 5.50. The molecule has 23 heavy (non-hydrogen) atoms. The molecule has 1 amide bonds. The van der Waals surface area contributed by atoms with Crippen LogP contribution in [0.1, 0.15) is 23.5 Å². The molecule has 0 saturated heterocycles. The number of carbonyl (C=O) groups excluding carboxylic acids is 1. The van der Waals surface area contributed by atoms with Gasteiger partial charge in [-0.2, -0.15) is 5.10 Å². The van der Waals surface area contributed by atoms with Gasteiger partial charge in [0.25, 0.3) is 0 Å². The van der Waals surface area contributed by atoms with Gasteiger partial charge in [0, 0.05) is 31.6 Å². The Morgan fingerprint density at radius 3 is 2.04 bits per heavy atom. The van der Waals surface area contributed by atoms with Gasteiger partial charge in [-0.25, -0.2) is 0 Å². The zero-order valence-corrected chi connectivity index (χ0v) is 13.0. The molecule has 1 heterocycles. The highest BCUT2D eigenvalue weighted by Gasteiger charge is 2.18. The number of hydrogen-bond donors (Lipinski definition) is 1. The van der Waals surface area contributed by atoms with Crippen LogP contribution in [0.25, 0.3) is 0 Å². The van der Waals surface area contributed by atoms with Gasteiger partial charge < -0.3 is 5.32 Å². The van der Waals surface area contributed by atoms with Gasteiger partial charge in [0.2, 0.25) is 5.91 Å². The van der Waals surface area contributed by atoms with Crippen LogP contribution in [0.4, 0.5) is 5.82 Å². The van der Waals surface area contributed by atoms with E-state index in [-0.39, 0.29) is 11.8 Å². The molecule has 0 aliphatic heterocycles. The molecular weight excluding hydrogens is 286 g/mol. The number of nitrogens with one attached hydrogen (secondary N) is 1. The summed E-state index contributed by atoms with van der Waals surface area (Å²) in [6.07, 6.45) is 2.19. The van der Waals surface area contributed by atoms with E-state index in [2.05, 4.69) is 34.7 Å². The van der Waals surface area contributed by atoms with Crippen molar-refractivity contribution < 1.29 is 4.79 Å². The second-order valence-corrected chi connectivity index (χ2v) is 5.50. The van der Waals surface area contributed by atoms with E-state index < -0.39 is 0 Å². The number of hydrogen-bond acceptors (Lipinski definition) is 2. The number of aromatic nitrogens is 2. The summed E-state index contributed by atoms with van der Waals surface area (Å²) in [5.41, 5.74) is 2.27. The second kappa shape index (κ2) is 6.92. The lowest BCUT2D eigenvalue weighted by Crippen LogP contribution is -2.17. The Balaban J connectivity index is 1.80. The van der Waals surface area contributed by atoms with Gasteiger partial charge in [-0.1, -0.05) is 60.7 Å². The predicted molar refractivity (Wildman–Crippen MR) is 91.2 cm³/mol. The number of anilines is 1. The Bertz CT molecular complexity index is 726. The smallest absolute Gasteiger partial charge is 0.226 e. The molecule has 0 radical (unpaired) electrons. The fourth-order valence-corrected chi connectivity index (χ4v) is 2.66. The van der Waals surface area contributed by atoms with Crippen molar-refractivity contribution in [2.24, 2.45) is 7.05 Å². The van der Waals surface area contributed by atoms with E-state index in [0.29, 0.717) is 12.2 Å². The molecule has 1 N–H and O–H groups in total. The van der Waals surface area contributed by atoms with E-state index in [1.54, 1.807) is 10.7 Å². The van der Waals surface area contributed by atoms with Crippen LogP contribution < -0.4 is 5.32 Å². The molecule has 0 atom stereocenters. The lowest BCUT2D eigenvalue weighted by atomic mass is 9.88. The number of amides is 1. The molecule has 0 saturated carbocycles. The number of aryl methyl sites for hydroxylation is 1. The van der Waals surface area contributed by atoms with Crippen LogP contribution in [-0.4, -0.2) is 15.7 Å². The molecule has 0 aliphatic rings. The predicted octanol–water partition coefficient (Wildman–Crippen LogP) is 3.58. The first-order valence-corrected chi connectivity index (χ1v) is 7.62. The fourth-order valence-electron chi connectivity index (χ4n) is 2.66. The minimum absolute atomic E-state index is 0.0288. The Morgan fingerprint density at radius 1 is 1.00 bits per heavy atom. The van der Waals surface area contributed by atoms with Crippen molar-refractivity contribution in [1.82, 2.24) is 9.78 Å². The first kappa shape index (κ1) is 15.0. The van der Waals surface area contributed by atoms with Crippen molar-refractivity contribution in [3.05, 3.63) is 84.1 Å². The molecule has 2 aromatic carbocycles. The Hall–Kier alpha value is -2.88. The van der Waals surface area contributed by atoms with Crippen molar-refractivity contribution >= 4 is 11.7 Å². The molecule has 0 fully saturated rings. The summed E-state index contributed by atoms with van der Waals surface area (Å²) in [6, 6.07) is 22.0. The van der Waals surface area contributed by atoms with E-state index in [4.69, 9.17) is 0 Å². The van der Waals surface area contributed by atoms with E-state index >= 15 is 0 Å². The van der Waals surface area contributed by atoms with Gasteiger partial charge in [0.05, 0.1) is 0 Å². The van der Waals surface area contributed by atoms with Crippen LogP contribution in [0.3, 0.4) is 0 Å². The van der Waals surface area contributed by atoms with E-state index in [1.165, 1.54) is 0 Å². The lowest BCUT2D eigenvalue weighted by Gasteiger charge is -2.17. The van der Waals surface area contributed by atoms with Crippen molar-refractivity contribution in [3.63, 3.8) is 0 Å². The third-order valence-electron chi connectivity index (χ3n) is 3.77. The average molecular weight is 305 g/mol. The van der Waals surface area contributed by atoms with Gasteiger partial charge in [-0.3, -0.25) is 9.48 Å². The van der Waals surface area contributed by atoms with Crippen LogP contribution in [-0.2, 0) is 11.8 Å². The maximum absolute atomic E-state index is 12.4.